The maximum Gasteiger partial charge on any atom is 0.327 e. The van der Waals surface area contributed by atoms with Crippen LogP contribution in [0, 0.1) is 6.92 Å². The van der Waals surface area contributed by atoms with E-state index in [2.05, 4.69) is 43.3 Å². The second-order valence-corrected chi connectivity index (χ2v) is 6.87. The standard InChI is InChI=1S/C19H21N7O3/c1-13-4-2-3-5-16(13)29-15-6-8-25(9-7-15)14-10-20-18(21-11-14)19-22-24-26(23-19)12-17(27)28/h2-5,10-11,15H,6-9,12H2,1H3,(H,27,28). The molecule has 0 spiro atoms. The summed E-state index contributed by atoms with van der Waals surface area (Å²) in [5.74, 6) is 0.411. The Bertz CT molecular complexity index is 981. The van der Waals surface area contributed by atoms with Gasteiger partial charge in [-0.25, -0.2) is 9.97 Å². The SMILES string of the molecule is Cc1ccccc1OC1CCN(c2cnc(-c3nnn(CC(=O)O)n3)nc2)CC1. The van der Waals surface area contributed by atoms with E-state index in [0.29, 0.717) is 5.82 Å². The zero-order valence-electron chi connectivity index (χ0n) is 16.0. The average molecular weight is 395 g/mol. The Morgan fingerprint density at radius 2 is 1.90 bits per heavy atom. The minimum Gasteiger partial charge on any atom is -0.490 e. The lowest BCUT2D eigenvalue weighted by Gasteiger charge is -2.33. The molecule has 0 unspecified atom stereocenters. The third-order valence-corrected chi connectivity index (χ3v) is 4.76. The molecular formula is C19H21N7O3. The number of aryl methyl sites for hydroxylation is 1. The van der Waals surface area contributed by atoms with Gasteiger partial charge in [-0.3, -0.25) is 4.79 Å². The molecule has 0 aliphatic carbocycles. The van der Waals surface area contributed by atoms with Gasteiger partial charge in [-0.05, 0) is 23.8 Å². The van der Waals surface area contributed by atoms with Crippen LogP contribution in [0.3, 0.4) is 0 Å². The van der Waals surface area contributed by atoms with E-state index in [1.165, 1.54) is 0 Å². The zero-order valence-corrected chi connectivity index (χ0v) is 16.0. The van der Waals surface area contributed by atoms with E-state index < -0.39 is 5.97 Å². The summed E-state index contributed by atoms with van der Waals surface area (Å²) in [5.41, 5.74) is 2.06. The van der Waals surface area contributed by atoms with E-state index in [-0.39, 0.29) is 18.5 Å². The van der Waals surface area contributed by atoms with Gasteiger partial charge >= 0.3 is 5.97 Å². The fourth-order valence-electron chi connectivity index (χ4n) is 3.22. The van der Waals surface area contributed by atoms with E-state index in [1.54, 1.807) is 12.4 Å². The van der Waals surface area contributed by atoms with Gasteiger partial charge in [0.25, 0.3) is 0 Å². The maximum absolute atomic E-state index is 10.7. The van der Waals surface area contributed by atoms with E-state index >= 15 is 0 Å². The smallest absolute Gasteiger partial charge is 0.327 e. The summed E-state index contributed by atoms with van der Waals surface area (Å²) < 4.78 is 6.15. The first kappa shape index (κ1) is 18.8. The summed E-state index contributed by atoms with van der Waals surface area (Å²) >= 11 is 0. The van der Waals surface area contributed by atoms with Crippen molar-refractivity contribution >= 4 is 11.7 Å². The highest BCUT2D eigenvalue weighted by Crippen LogP contribution is 2.24. The van der Waals surface area contributed by atoms with Gasteiger partial charge in [-0.2, -0.15) is 4.80 Å². The molecule has 2 aromatic heterocycles. The first-order chi connectivity index (χ1) is 14.1. The van der Waals surface area contributed by atoms with Gasteiger partial charge in [0.05, 0.1) is 18.1 Å². The number of benzene rings is 1. The average Bonchev–Trinajstić information content (AvgIpc) is 3.18. The summed E-state index contributed by atoms with van der Waals surface area (Å²) in [6.07, 6.45) is 5.48. The Morgan fingerprint density at radius 3 is 2.59 bits per heavy atom. The number of nitrogens with zero attached hydrogens (tertiary/aromatic N) is 7. The van der Waals surface area contributed by atoms with Crippen LogP contribution in [0.25, 0.3) is 11.6 Å². The van der Waals surface area contributed by atoms with Crippen molar-refractivity contribution in [3.8, 4) is 17.4 Å². The second-order valence-electron chi connectivity index (χ2n) is 6.87. The number of carbonyl (C=O) groups is 1. The van der Waals surface area contributed by atoms with Crippen LogP contribution in [0.2, 0.25) is 0 Å². The zero-order chi connectivity index (χ0) is 20.2. The first-order valence-electron chi connectivity index (χ1n) is 9.38. The molecule has 29 heavy (non-hydrogen) atoms. The molecule has 1 fully saturated rings. The van der Waals surface area contributed by atoms with Crippen LogP contribution in [0.15, 0.2) is 36.7 Å². The minimum atomic E-state index is -1.04. The Kier molecular flexibility index (Phi) is 5.32. The fourth-order valence-corrected chi connectivity index (χ4v) is 3.22. The van der Waals surface area contributed by atoms with Crippen LogP contribution in [-0.4, -0.2) is 60.4 Å². The molecule has 150 valence electrons. The molecule has 0 atom stereocenters. The van der Waals surface area contributed by atoms with Crippen LogP contribution >= 0.6 is 0 Å². The quantitative estimate of drug-likeness (QED) is 0.663. The van der Waals surface area contributed by atoms with E-state index in [1.807, 2.05) is 18.2 Å². The molecule has 0 bridgehead atoms. The number of rotatable bonds is 6. The second kappa shape index (κ2) is 8.21. The van der Waals surface area contributed by atoms with Crippen molar-refractivity contribution in [2.45, 2.75) is 32.4 Å². The predicted octanol–water partition coefficient (Wildman–Crippen LogP) is 1.57. The summed E-state index contributed by atoms with van der Waals surface area (Å²) in [4.78, 5) is 22.5. The van der Waals surface area contributed by atoms with Crippen molar-refractivity contribution in [3.63, 3.8) is 0 Å². The van der Waals surface area contributed by atoms with E-state index in [0.717, 1.165) is 47.7 Å². The molecule has 1 N–H and O–H groups in total. The molecule has 0 radical (unpaired) electrons. The number of ether oxygens (including phenoxy) is 1. The molecular weight excluding hydrogens is 374 g/mol. The summed E-state index contributed by atoms with van der Waals surface area (Å²) in [5, 5.41) is 20.2. The number of piperidine rings is 1. The Hall–Kier alpha value is -3.56. The molecule has 0 saturated carbocycles. The summed E-state index contributed by atoms with van der Waals surface area (Å²) in [6.45, 7) is 3.40. The topological polar surface area (TPSA) is 119 Å². The number of para-hydroxylation sites is 1. The van der Waals surface area contributed by atoms with E-state index in [4.69, 9.17) is 9.84 Å². The fraction of sp³-hybridized carbons (Fsp3) is 0.368. The maximum atomic E-state index is 10.7. The molecule has 3 aromatic rings. The van der Waals surface area contributed by atoms with Crippen molar-refractivity contribution in [2.24, 2.45) is 0 Å². The number of hydrogen-bond acceptors (Lipinski definition) is 8. The number of carboxylic acid groups (broad SMARTS) is 1. The monoisotopic (exact) mass is 395 g/mol. The van der Waals surface area contributed by atoms with Crippen LogP contribution in [0.4, 0.5) is 5.69 Å². The van der Waals surface area contributed by atoms with Gasteiger partial charge in [-0.15, -0.1) is 10.2 Å². The predicted molar refractivity (Wildman–Crippen MR) is 104 cm³/mol. The van der Waals surface area contributed by atoms with Gasteiger partial charge in [-0.1, -0.05) is 18.2 Å². The Labute approximate surface area is 167 Å². The van der Waals surface area contributed by atoms with Crippen LogP contribution in [-0.2, 0) is 11.3 Å². The number of hydrogen-bond donors (Lipinski definition) is 1. The molecule has 1 aromatic carbocycles. The number of aromatic nitrogens is 6. The van der Waals surface area contributed by atoms with Gasteiger partial charge in [0.1, 0.15) is 11.9 Å². The van der Waals surface area contributed by atoms with Gasteiger partial charge in [0.2, 0.25) is 11.6 Å². The van der Waals surface area contributed by atoms with Gasteiger partial charge in [0.15, 0.2) is 6.54 Å². The largest absolute Gasteiger partial charge is 0.490 e. The molecule has 4 rings (SSSR count). The van der Waals surface area contributed by atoms with E-state index in [9.17, 15) is 4.79 Å². The lowest BCUT2D eigenvalue weighted by molar-refractivity contribution is -0.138. The summed E-state index contributed by atoms with van der Waals surface area (Å²) in [7, 11) is 0. The molecule has 1 saturated heterocycles. The Balaban J connectivity index is 1.35. The Morgan fingerprint density at radius 1 is 1.17 bits per heavy atom. The molecule has 1 aliphatic heterocycles. The molecule has 1 aliphatic rings. The van der Waals surface area contributed by atoms with Crippen molar-refractivity contribution < 1.29 is 14.6 Å². The van der Waals surface area contributed by atoms with Crippen LogP contribution in [0.1, 0.15) is 18.4 Å². The highest BCUT2D eigenvalue weighted by Gasteiger charge is 2.22. The molecule has 10 nitrogen and oxygen atoms in total. The minimum absolute atomic E-state index is 0.195. The number of carboxylic acids is 1. The number of aliphatic carboxylic acids is 1. The third-order valence-electron chi connectivity index (χ3n) is 4.76. The molecule has 10 heteroatoms. The number of anilines is 1. The van der Waals surface area contributed by atoms with Crippen LogP contribution < -0.4 is 9.64 Å². The molecule has 3 heterocycles. The lowest BCUT2D eigenvalue weighted by Crippen LogP contribution is -2.38. The summed E-state index contributed by atoms with van der Waals surface area (Å²) in [6, 6.07) is 8.06. The first-order valence-corrected chi connectivity index (χ1v) is 9.38. The van der Waals surface area contributed by atoms with Crippen molar-refractivity contribution in [1.82, 2.24) is 30.2 Å². The lowest BCUT2D eigenvalue weighted by atomic mass is 10.1. The molecule has 0 amide bonds. The highest BCUT2D eigenvalue weighted by atomic mass is 16.5. The van der Waals surface area contributed by atoms with Crippen molar-refractivity contribution in [3.05, 3.63) is 42.2 Å². The van der Waals surface area contributed by atoms with Crippen molar-refractivity contribution in [2.75, 3.05) is 18.0 Å². The van der Waals surface area contributed by atoms with Crippen LogP contribution in [0.5, 0.6) is 5.75 Å². The van der Waals surface area contributed by atoms with Gasteiger partial charge < -0.3 is 14.7 Å². The highest BCUT2D eigenvalue weighted by molar-refractivity contribution is 5.66. The third kappa shape index (κ3) is 4.48. The number of tetrazole rings is 1. The van der Waals surface area contributed by atoms with Crippen molar-refractivity contribution in [1.29, 1.82) is 0 Å². The normalized spacial score (nSPS) is 14.7. The van der Waals surface area contributed by atoms with Gasteiger partial charge in [0, 0.05) is 25.9 Å².